The van der Waals surface area contributed by atoms with Crippen molar-refractivity contribution in [1.29, 1.82) is 5.26 Å². The fourth-order valence-corrected chi connectivity index (χ4v) is 2.55. The molecule has 0 radical (unpaired) electrons. The third kappa shape index (κ3) is 3.25. The van der Waals surface area contributed by atoms with Crippen molar-refractivity contribution in [2.24, 2.45) is 5.41 Å². The van der Waals surface area contributed by atoms with Gasteiger partial charge in [-0.3, -0.25) is 9.59 Å². The van der Waals surface area contributed by atoms with E-state index in [0.29, 0.717) is 22.8 Å². The average Bonchev–Trinajstić information content (AvgIpc) is 2.67. The molecular weight excluding hydrogens is 288 g/mol. The van der Waals surface area contributed by atoms with Gasteiger partial charge in [0.1, 0.15) is 0 Å². The van der Waals surface area contributed by atoms with Gasteiger partial charge >= 0.3 is 0 Å². The minimum absolute atomic E-state index is 0.355. The van der Waals surface area contributed by atoms with Crippen molar-refractivity contribution >= 4 is 29.0 Å². The van der Waals surface area contributed by atoms with Gasteiger partial charge in [0.25, 0.3) is 11.7 Å². The van der Waals surface area contributed by atoms with Crippen LogP contribution in [0, 0.1) is 16.7 Å². The molecule has 0 unspecified atom stereocenters. The van der Waals surface area contributed by atoms with Gasteiger partial charge in [0.15, 0.2) is 0 Å². The molecule has 0 spiro atoms. The van der Waals surface area contributed by atoms with Crippen LogP contribution in [0.4, 0.5) is 5.69 Å². The topological polar surface area (TPSA) is 61.2 Å². The highest BCUT2D eigenvalue weighted by Crippen LogP contribution is 2.32. The van der Waals surface area contributed by atoms with E-state index in [4.69, 9.17) is 16.9 Å². The number of rotatable bonds is 5. The Morgan fingerprint density at radius 2 is 2.00 bits per heavy atom. The summed E-state index contributed by atoms with van der Waals surface area (Å²) in [5.41, 5.74) is 0.658. The molecule has 1 aliphatic heterocycles. The first-order chi connectivity index (χ1) is 9.85. The Balaban J connectivity index is 2.02. The van der Waals surface area contributed by atoms with Crippen molar-refractivity contribution < 1.29 is 9.59 Å². The highest BCUT2D eigenvalue weighted by Gasteiger charge is 2.35. The predicted octanol–water partition coefficient (Wildman–Crippen LogP) is 3.59. The summed E-state index contributed by atoms with van der Waals surface area (Å²) in [6.07, 6.45) is 2.34. The van der Waals surface area contributed by atoms with Gasteiger partial charge in [0, 0.05) is 11.6 Å². The average molecular weight is 305 g/mol. The van der Waals surface area contributed by atoms with Gasteiger partial charge in [0.05, 0.1) is 22.7 Å². The summed E-state index contributed by atoms with van der Waals surface area (Å²) >= 11 is 5.94. The highest BCUT2D eigenvalue weighted by molar-refractivity contribution is 6.52. The van der Waals surface area contributed by atoms with Crippen LogP contribution in [0.2, 0.25) is 5.02 Å². The van der Waals surface area contributed by atoms with E-state index in [-0.39, 0.29) is 5.41 Å². The second kappa shape index (κ2) is 5.87. The molecule has 0 saturated carbocycles. The first kappa shape index (κ1) is 15.5. The van der Waals surface area contributed by atoms with Crippen molar-refractivity contribution in [1.82, 2.24) is 0 Å². The first-order valence-corrected chi connectivity index (χ1v) is 7.30. The molecule has 5 heteroatoms. The molecular formula is C16H17ClN2O2. The second-order valence-corrected chi connectivity index (χ2v) is 6.34. The molecule has 2 rings (SSSR count). The number of ketones is 1. The van der Waals surface area contributed by atoms with Gasteiger partial charge in [-0.05, 0) is 44.9 Å². The predicted molar refractivity (Wildman–Crippen MR) is 81.4 cm³/mol. The van der Waals surface area contributed by atoms with Crippen LogP contribution < -0.4 is 4.90 Å². The van der Waals surface area contributed by atoms with Crippen LogP contribution in [-0.2, 0) is 4.79 Å². The first-order valence-electron chi connectivity index (χ1n) is 6.93. The van der Waals surface area contributed by atoms with E-state index in [1.54, 1.807) is 18.2 Å². The number of carbonyl (C=O) groups is 2. The van der Waals surface area contributed by atoms with E-state index < -0.39 is 11.7 Å². The number of nitriles is 1. The lowest BCUT2D eigenvalue weighted by atomic mass is 9.89. The SMILES string of the molecule is CC(C)(C#N)CCCCN1C(=O)C(=O)c2ccc(Cl)cc21. The molecule has 0 saturated heterocycles. The summed E-state index contributed by atoms with van der Waals surface area (Å²) in [5, 5.41) is 9.47. The second-order valence-electron chi connectivity index (χ2n) is 5.90. The van der Waals surface area contributed by atoms with Gasteiger partial charge in [-0.2, -0.15) is 5.26 Å². The Hall–Kier alpha value is -1.86. The lowest BCUT2D eigenvalue weighted by Gasteiger charge is -2.18. The number of anilines is 1. The van der Waals surface area contributed by atoms with Crippen molar-refractivity contribution in [2.45, 2.75) is 33.1 Å². The lowest BCUT2D eigenvalue weighted by Crippen LogP contribution is -2.30. The van der Waals surface area contributed by atoms with Crippen LogP contribution in [0.5, 0.6) is 0 Å². The molecule has 0 fully saturated rings. The van der Waals surface area contributed by atoms with Crippen LogP contribution in [0.3, 0.4) is 0 Å². The summed E-state index contributed by atoms with van der Waals surface area (Å²) in [6, 6.07) is 7.12. The van der Waals surface area contributed by atoms with Crippen LogP contribution in [0.15, 0.2) is 18.2 Å². The summed E-state index contributed by atoms with van der Waals surface area (Å²) in [4.78, 5) is 25.4. The maximum absolute atomic E-state index is 12.0. The summed E-state index contributed by atoms with van der Waals surface area (Å²) in [6.45, 7) is 4.26. The van der Waals surface area contributed by atoms with E-state index in [0.717, 1.165) is 19.3 Å². The molecule has 0 aliphatic carbocycles. The zero-order valence-corrected chi connectivity index (χ0v) is 12.9. The van der Waals surface area contributed by atoms with Crippen molar-refractivity contribution in [3.63, 3.8) is 0 Å². The Kier molecular flexibility index (Phi) is 4.34. The molecule has 0 N–H and O–H groups in total. The Labute approximate surface area is 129 Å². The lowest BCUT2D eigenvalue weighted by molar-refractivity contribution is -0.114. The number of hydrogen-bond donors (Lipinski definition) is 0. The van der Waals surface area contributed by atoms with Crippen LogP contribution >= 0.6 is 11.6 Å². The largest absolute Gasteiger partial charge is 0.305 e. The van der Waals surface area contributed by atoms with Crippen LogP contribution in [-0.4, -0.2) is 18.2 Å². The number of Topliss-reactive ketones (excluding diaryl/α,β-unsaturated/α-hetero) is 1. The molecule has 0 atom stereocenters. The smallest absolute Gasteiger partial charge is 0.299 e. The zero-order valence-electron chi connectivity index (χ0n) is 12.1. The van der Waals surface area contributed by atoms with Crippen molar-refractivity contribution in [2.75, 3.05) is 11.4 Å². The molecule has 110 valence electrons. The molecule has 0 aromatic heterocycles. The summed E-state index contributed by atoms with van der Waals surface area (Å²) in [7, 11) is 0. The minimum Gasteiger partial charge on any atom is -0.305 e. The standard InChI is InChI=1S/C16H17ClN2O2/c1-16(2,10-18)7-3-4-8-19-13-9-11(17)5-6-12(13)14(20)15(19)21/h5-6,9H,3-4,7-8H2,1-2H3. The Bertz CT molecular complexity index is 632. The quantitative estimate of drug-likeness (QED) is 0.617. The summed E-state index contributed by atoms with van der Waals surface area (Å²) < 4.78 is 0. The number of nitrogens with zero attached hydrogens (tertiary/aromatic N) is 2. The molecule has 1 aromatic rings. The molecule has 4 nitrogen and oxygen atoms in total. The number of benzene rings is 1. The molecule has 1 aromatic carbocycles. The maximum atomic E-state index is 12.0. The van der Waals surface area contributed by atoms with E-state index in [9.17, 15) is 9.59 Å². The van der Waals surface area contributed by atoms with E-state index in [2.05, 4.69) is 6.07 Å². The Morgan fingerprint density at radius 1 is 1.29 bits per heavy atom. The monoisotopic (exact) mass is 304 g/mol. The van der Waals surface area contributed by atoms with E-state index in [1.165, 1.54) is 4.90 Å². The summed E-state index contributed by atoms with van der Waals surface area (Å²) in [5.74, 6) is -0.967. The van der Waals surface area contributed by atoms with Crippen molar-refractivity contribution in [3.8, 4) is 6.07 Å². The van der Waals surface area contributed by atoms with Crippen LogP contribution in [0.25, 0.3) is 0 Å². The fraction of sp³-hybridized carbons (Fsp3) is 0.438. The third-order valence-electron chi connectivity index (χ3n) is 3.67. The van der Waals surface area contributed by atoms with Gasteiger partial charge in [-0.15, -0.1) is 0 Å². The zero-order chi connectivity index (χ0) is 15.6. The molecule has 1 aliphatic rings. The number of hydrogen-bond acceptors (Lipinski definition) is 3. The van der Waals surface area contributed by atoms with Gasteiger partial charge in [0.2, 0.25) is 0 Å². The van der Waals surface area contributed by atoms with E-state index in [1.807, 2.05) is 13.8 Å². The number of unbranched alkanes of at least 4 members (excludes halogenated alkanes) is 1. The molecule has 1 amide bonds. The fourth-order valence-electron chi connectivity index (χ4n) is 2.38. The highest BCUT2D eigenvalue weighted by atomic mass is 35.5. The molecule has 21 heavy (non-hydrogen) atoms. The van der Waals surface area contributed by atoms with Gasteiger partial charge < -0.3 is 4.90 Å². The number of carbonyl (C=O) groups excluding carboxylic acids is 2. The minimum atomic E-state index is -0.494. The van der Waals surface area contributed by atoms with Crippen molar-refractivity contribution in [3.05, 3.63) is 28.8 Å². The molecule has 1 heterocycles. The number of amides is 1. The molecule has 0 bridgehead atoms. The normalized spacial score (nSPS) is 14.3. The maximum Gasteiger partial charge on any atom is 0.299 e. The Morgan fingerprint density at radius 3 is 2.67 bits per heavy atom. The van der Waals surface area contributed by atoms with E-state index >= 15 is 0 Å². The number of fused-ring (bicyclic) bond motifs is 1. The van der Waals surface area contributed by atoms with Gasteiger partial charge in [-0.1, -0.05) is 18.0 Å². The third-order valence-corrected chi connectivity index (χ3v) is 3.91. The number of halogens is 1. The van der Waals surface area contributed by atoms with Crippen LogP contribution in [0.1, 0.15) is 43.5 Å². The van der Waals surface area contributed by atoms with Gasteiger partial charge in [-0.25, -0.2) is 0 Å².